The zero-order valence-corrected chi connectivity index (χ0v) is 7.96. The van der Waals surface area contributed by atoms with Gasteiger partial charge in [0.1, 0.15) is 5.76 Å². The Morgan fingerprint density at radius 2 is 2.54 bits per heavy atom. The highest BCUT2D eigenvalue weighted by molar-refractivity contribution is 5.32. The van der Waals surface area contributed by atoms with Crippen molar-refractivity contribution in [3.63, 3.8) is 0 Å². The van der Waals surface area contributed by atoms with Crippen LogP contribution in [0.15, 0.2) is 4.52 Å². The quantitative estimate of drug-likeness (QED) is 0.748. The van der Waals surface area contributed by atoms with Crippen molar-refractivity contribution < 1.29 is 9.26 Å². The van der Waals surface area contributed by atoms with Crippen LogP contribution in [0.25, 0.3) is 0 Å². The summed E-state index contributed by atoms with van der Waals surface area (Å²) in [6.45, 7) is 6.45. The Bertz CT molecular complexity index is 296. The minimum Gasteiger partial charge on any atom is -0.476 e. The molecule has 0 saturated carbocycles. The minimum atomic E-state index is 0.394. The van der Waals surface area contributed by atoms with E-state index in [0.717, 1.165) is 24.4 Å². The van der Waals surface area contributed by atoms with Crippen molar-refractivity contribution in [1.82, 2.24) is 10.5 Å². The van der Waals surface area contributed by atoms with E-state index in [9.17, 15) is 0 Å². The molecule has 0 amide bonds. The summed E-state index contributed by atoms with van der Waals surface area (Å²) in [6, 6.07) is 0. The molecule has 0 aliphatic carbocycles. The summed E-state index contributed by atoms with van der Waals surface area (Å²) in [5, 5.41) is 7.20. The first-order chi connectivity index (χ1) is 6.33. The fourth-order valence-electron chi connectivity index (χ4n) is 1.61. The van der Waals surface area contributed by atoms with Crippen LogP contribution >= 0.6 is 0 Å². The second-order valence-electron chi connectivity index (χ2n) is 3.30. The summed E-state index contributed by atoms with van der Waals surface area (Å²) < 4.78 is 10.6. The Kier molecular flexibility index (Phi) is 2.22. The number of nitrogens with zero attached hydrogens (tertiary/aromatic N) is 1. The first-order valence-electron chi connectivity index (χ1n) is 4.65. The van der Waals surface area contributed by atoms with Crippen LogP contribution < -0.4 is 10.1 Å². The van der Waals surface area contributed by atoms with Gasteiger partial charge in [-0.1, -0.05) is 6.92 Å². The molecule has 1 aliphatic heterocycles. The minimum absolute atomic E-state index is 0.394. The third kappa shape index (κ3) is 1.42. The summed E-state index contributed by atoms with van der Waals surface area (Å²) in [6.07, 6.45) is 0. The molecule has 0 saturated heterocycles. The summed E-state index contributed by atoms with van der Waals surface area (Å²) in [4.78, 5) is 0. The number of aromatic nitrogens is 1. The van der Waals surface area contributed by atoms with Crippen LogP contribution in [0.5, 0.6) is 5.88 Å². The molecular weight excluding hydrogens is 168 g/mol. The highest BCUT2D eigenvalue weighted by Gasteiger charge is 2.25. The lowest BCUT2D eigenvalue weighted by Gasteiger charge is -2.17. The molecule has 0 radical (unpaired) electrons. The van der Waals surface area contributed by atoms with Crippen molar-refractivity contribution >= 4 is 0 Å². The van der Waals surface area contributed by atoms with Gasteiger partial charge in [0.15, 0.2) is 0 Å². The monoisotopic (exact) mass is 182 g/mol. The molecule has 13 heavy (non-hydrogen) atoms. The standard InChI is InChI=1S/C9H14N2O2/c1-3-12-9-7-5-10-4-6(2)8(7)13-11-9/h6,10H,3-5H2,1-2H3/t6-/m1/s1. The first-order valence-corrected chi connectivity index (χ1v) is 4.65. The van der Waals surface area contributed by atoms with Gasteiger partial charge in [0, 0.05) is 19.0 Å². The van der Waals surface area contributed by atoms with Gasteiger partial charge in [-0.2, -0.15) is 0 Å². The highest BCUT2D eigenvalue weighted by atomic mass is 16.5. The molecule has 0 spiro atoms. The molecule has 1 aromatic rings. The molecule has 2 rings (SSSR count). The molecule has 2 heterocycles. The van der Waals surface area contributed by atoms with Gasteiger partial charge in [-0.25, -0.2) is 0 Å². The number of hydrogen-bond donors (Lipinski definition) is 1. The molecule has 4 heteroatoms. The molecule has 1 aliphatic rings. The summed E-state index contributed by atoms with van der Waals surface area (Å²) in [5.41, 5.74) is 1.08. The molecule has 0 fully saturated rings. The maximum absolute atomic E-state index is 5.35. The molecule has 72 valence electrons. The van der Waals surface area contributed by atoms with Crippen molar-refractivity contribution in [3.05, 3.63) is 11.3 Å². The first kappa shape index (κ1) is 8.56. The maximum Gasteiger partial charge on any atom is 0.258 e. The van der Waals surface area contributed by atoms with Crippen molar-refractivity contribution in [2.24, 2.45) is 0 Å². The Morgan fingerprint density at radius 1 is 1.69 bits per heavy atom. The van der Waals surface area contributed by atoms with Crippen LogP contribution in [0.1, 0.15) is 31.1 Å². The summed E-state index contributed by atoms with van der Waals surface area (Å²) in [5.74, 6) is 2.02. The van der Waals surface area contributed by atoms with E-state index in [0.29, 0.717) is 18.4 Å². The van der Waals surface area contributed by atoms with Crippen LogP contribution in [0, 0.1) is 0 Å². The smallest absolute Gasteiger partial charge is 0.258 e. The predicted molar refractivity (Wildman–Crippen MR) is 47.8 cm³/mol. The number of hydrogen-bond acceptors (Lipinski definition) is 4. The van der Waals surface area contributed by atoms with E-state index >= 15 is 0 Å². The zero-order valence-electron chi connectivity index (χ0n) is 7.96. The lowest BCUT2D eigenvalue weighted by Crippen LogP contribution is -2.25. The van der Waals surface area contributed by atoms with E-state index in [-0.39, 0.29) is 0 Å². The van der Waals surface area contributed by atoms with Crippen molar-refractivity contribution in [2.45, 2.75) is 26.3 Å². The van der Waals surface area contributed by atoms with E-state index < -0.39 is 0 Å². The van der Waals surface area contributed by atoms with Crippen molar-refractivity contribution in [2.75, 3.05) is 13.2 Å². The third-order valence-electron chi connectivity index (χ3n) is 2.26. The van der Waals surface area contributed by atoms with Gasteiger partial charge >= 0.3 is 0 Å². The third-order valence-corrected chi connectivity index (χ3v) is 2.26. The largest absolute Gasteiger partial charge is 0.476 e. The lowest BCUT2D eigenvalue weighted by atomic mass is 10.0. The SMILES string of the molecule is CCOc1noc2c1CNC[C@H]2C. The van der Waals surface area contributed by atoms with Crippen LogP contribution in [-0.2, 0) is 6.54 Å². The van der Waals surface area contributed by atoms with E-state index in [1.807, 2.05) is 6.92 Å². The summed E-state index contributed by atoms with van der Waals surface area (Å²) >= 11 is 0. The highest BCUT2D eigenvalue weighted by Crippen LogP contribution is 2.30. The fourth-order valence-corrected chi connectivity index (χ4v) is 1.61. The van der Waals surface area contributed by atoms with Gasteiger partial charge in [0.05, 0.1) is 12.2 Å². The predicted octanol–water partition coefficient (Wildman–Crippen LogP) is 1.28. The van der Waals surface area contributed by atoms with Gasteiger partial charge < -0.3 is 14.6 Å². The van der Waals surface area contributed by atoms with Gasteiger partial charge in [-0.3, -0.25) is 0 Å². The number of nitrogens with one attached hydrogen (secondary N) is 1. The molecule has 1 aromatic heterocycles. The zero-order chi connectivity index (χ0) is 9.26. The average Bonchev–Trinajstić information content (AvgIpc) is 2.51. The molecule has 1 N–H and O–H groups in total. The van der Waals surface area contributed by atoms with Crippen LogP contribution in [0.3, 0.4) is 0 Å². The normalized spacial score (nSPS) is 21.2. The topological polar surface area (TPSA) is 47.3 Å². The fraction of sp³-hybridized carbons (Fsp3) is 0.667. The van der Waals surface area contributed by atoms with Gasteiger partial charge in [-0.15, -0.1) is 0 Å². The van der Waals surface area contributed by atoms with Gasteiger partial charge in [-0.05, 0) is 12.1 Å². The number of fused-ring (bicyclic) bond motifs is 1. The van der Waals surface area contributed by atoms with E-state index in [1.54, 1.807) is 0 Å². The van der Waals surface area contributed by atoms with Gasteiger partial charge in [0.2, 0.25) is 0 Å². The number of rotatable bonds is 2. The van der Waals surface area contributed by atoms with Crippen LogP contribution in [-0.4, -0.2) is 18.3 Å². The van der Waals surface area contributed by atoms with Crippen molar-refractivity contribution in [3.8, 4) is 5.88 Å². The molecule has 0 bridgehead atoms. The Morgan fingerprint density at radius 3 is 3.31 bits per heavy atom. The molecule has 4 nitrogen and oxygen atoms in total. The lowest BCUT2D eigenvalue weighted by molar-refractivity contribution is 0.287. The summed E-state index contributed by atoms with van der Waals surface area (Å²) in [7, 11) is 0. The second kappa shape index (κ2) is 3.38. The number of ether oxygens (including phenoxy) is 1. The molecule has 0 aromatic carbocycles. The van der Waals surface area contributed by atoms with E-state index in [1.165, 1.54) is 0 Å². The molecular formula is C9H14N2O2. The maximum atomic E-state index is 5.35. The molecule has 0 unspecified atom stereocenters. The second-order valence-corrected chi connectivity index (χ2v) is 3.30. The van der Waals surface area contributed by atoms with E-state index in [2.05, 4.69) is 17.4 Å². The Labute approximate surface area is 77.2 Å². The Hall–Kier alpha value is -1.03. The molecule has 1 atom stereocenters. The van der Waals surface area contributed by atoms with Gasteiger partial charge in [0.25, 0.3) is 5.88 Å². The van der Waals surface area contributed by atoms with Crippen LogP contribution in [0.2, 0.25) is 0 Å². The average molecular weight is 182 g/mol. The Balaban J connectivity index is 2.30. The van der Waals surface area contributed by atoms with Crippen LogP contribution in [0.4, 0.5) is 0 Å². The van der Waals surface area contributed by atoms with E-state index in [4.69, 9.17) is 9.26 Å². The van der Waals surface area contributed by atoms with Crippen molar-refractivity contribution in [1.29, 1.82) is 0 Å².